The summed E-state index contributed by atoms with van der Waals surface area (Å²) < 4.78 is 5.70. The SMILES string of the molecule is CC(C)[C@@H]1CC[C@H](C)C[C@@H]1OC(=O)c1ccccc1O. The quantitative estimate of drug-likeness (QED) is 0.848. The van der Waals surface area contributed by atoms with Gasteiger partial charge >= 0.3 is 5.97 Å². The number of carbonyl (C=O) groups excluding carboxylic acids is 1. The molecular weight excluding hydrogens is 252 g/mol. The van der Waals surface area contributed by atoms with Crippen molar-refractivity contribution in [2.75, 3.05) is 0 Å². The van der Waals surface area contributed by atoms with Gasteiger partial charge in [0.15, 0.2) is 0 Å². The summed E-state index contributed by atoms with van der Waals surface area (Å²) >= 11 is 0. The molecule has 3 heteroatoms. The summed E-state index contributed by atoms with van der Waals surface area (Å²) in [6.07, 6.45) is 3.19. The molecular formula is C17H24O3. The Morgan fingerprint density at radius 2 is 2.00 bits per heavy atom. The number of esters is 1. The molecule has 20 heavy (non-hydrogen) atoms. The van der Waals surface area contributed by atoms with Crippen molar-refractivity contribution in [3.05, 3.63) is 29.8 Å². The minimum atomic E-state index is -0.409. The summed E-state index contributed by atoms with van der Waals surface area (Å²) in [6.45, 7) is 6.57. The Labute approximate surface area is 121 Å². The van der Waals surface area contributed by atoms with Crippen molar-refractivity contribution in [1.29, 1.82) is 0 Å². The molecule has 1 saturated carbocycles. The summed E-state index contributed by atoms with van der Waals surface area (Å²) in [5.41, 5.74) is 0.258. The van der Waals surface area contributed by atoms with Crippen LogP contribution >= 0.6 is 0 Å². The van der Waals surface area contributed by atoms with E-state index in [2.05, 4.69) is 20.8 Å². The largest absolute Gasteiger partial charge is 0.507 e. The lowest BCUT2D eigenvalue weighted by atomic mass is 9.75. The minimum Gasteiger partial charge on any atom is -0.507 e. The van der Waals surface area contributed by atoms with Crippen LogP contribution in [0.5, 0.6) is 5.75 Å². The molecule has 0 aromatic heterocycles. The van der Waals surface area contributed by atoms with Gasteiger partial charge in [0, 0.05) is 0 Å². The number of hydrogen-bond acceptors (Lipinski definition) is 3. The Kier molecular flexibility index (Phi) is 4.69. The Bertz CT molecular complexity index is 467. The smallest absolute Gasteiger partial charge is 0.342 e. The van der Waals surface area contributed by atoms with E-state index in [1.165, 1.54) is 12.5 Å². The van der Waals surface area contributed by atoms with E-state index in [-0.39, 0.29) is 17.4 Å². The van der Waals surface area contributed by atoms with Crippen molar-refractivity contribution in [2.45, 2.75) is 46.1 Å². The number of rotatable bonds is 3. The van der Waals surface area contributed by atoms with Crippen LogP contribution in [0.1, 0.15) is 50.4 Å². The molecule has 0 bridgehead atoms. The molecule has 0 spiro atoms. The maximum atomic E-state index is 12.2. The molecule has 0 unspecified atom stereocenters. The van der Waals surface area contributed by atoms with E-state index in [0.717, 1.165) is 12.8 Å². The third-order valence-corrected chi connectivity index (χ3v) is 4.34. The van der Waals surface area contributed by atoms with Gasteiger partial charge in [-0.2, -0.15) is 0 Å². The first-order chi connectivity index (χ1) is 9.49. The van der Waals surface area contributed by atoms with E-state index in [1.807, 2.05) is 0 Å². The van der Waals surface area contributed by atoms with Gasteiger partial charge in [0.25, 0.3) is 0 Å². The zero-order valence-corrected chi connectivity index (χ0v) is 12.5. The molecule has 0 saturated heterocycles. The highest BCUT2D eigenvalue weighted by molar-refractivity contribution is 5.92. The monoisotopic (exact) mass is 276 g/mol. The second-order valence-electron chi connectivity index (χ2n) is 6.29. The van der Waals surface area contributed by atoms with Gasteiger partial charge in [-0.1, -0.05) is 39.3 Å². The van der Waals surface area contributed by atoms with Crippen LogP contribution in [0.25, 0.3) is 0 Å². The molecule has 0 radical (unpaired) electrons. The average Bonchev–Trinajstić information content (AvgIpc) is 2.38. The molecule has 110 valence electrons. The number of para-hydroxylation sites is 1. The first-order valence-electron chi connectivity index (χ1n) is 7.48. The second-order valence-corrected chi connectivity index (χ2v) is 6.29. The lowest BCUT2D eigenvalue weighted by Crippen LogP contribution is -2.35. The van der Waals surface area contributed by atoms with Gasteiger partial charge in [0.05, 0.1) is 0 Å². The molecule has 0 amide bonds. The molecule has 0 heterocycles. The first kappa shape index (κ1) is 14.9. The van der Waals surface area contributed by atoms with Gasteiger partial charge in [0.2, 0.25) is 0 Å². The van der Waals surface area contributed by atoms with Crippen molar-refractivity contribution >= 4 is 5.97 Å². The fraction of sp³-hybridized carbons (Fsp3) is 0.588. The summed E-state index contributed by atoms with van der Waals surface area (Å²) in [6, 6.07) is 6.56. The predicted octanol–water partition coefficient (Wildman–Crippen LogP) is 4.01. The Hall–Kier alpha value is -1.51. The highest BCUT2D eigenvalue weighted by Crippen LogP contribution is 2.36. The number of benzene rings is 1. The molecule has 1 aromatic rings. The third-order valence-electron chi connectivity index (χ3n) is 4.34. The van der Waals surface area contributed by atoms with Gasteiger partial charge in [-0.15, -0.1) is 0 Å². The van der Waals surface area contributed by atoms with Gasteiger partial charge in [-0.25, -0.2) is 4.79 Å². The summed E-state index contributed by atoms with van der Waals surface area (Å²) in [4.78, 5) is 12.2. The standard InChI is InChI=1S/C17H24O3/c1-11(2)13-9-8-12(3)10-16(13)20-17(19)14-6-4-5-7-15(14)18/h4-7,11-13,16,18H,8-10H2,1-3H3/t12-,13-,16-/m0/s1. The average molecular weight is 276 g/mol. The van der Waals surface area contributed by atoms with Crippen molar-refractivity contribution in [3.8, 4) is 5.75 Å². The predicted molar refractivity (Wildman–Crippen MR) is 78.7 cm³/mol. The fourth-order valence-corrected chi connectivity index (χ4v) is 3.10. The van der Waals surface area contributed by atoms with Crippen molar-refractivity contribution in [3.63, 3.8) is 0 Å². The van der Waals surface area contributed by atoms with Gasteiger partial charge in [-0.05, 0) is 42.7 Å². The van der Waals surface area contributed by atoms with Crippen LogP contribution < -0.4 is 0 Å². The highest BCUT2D eigenvalue weighted by Gasteiger charge is 2.33. The van der Waals surface area contributed by atoms with E-state index < -0.39 is 5.97 Å². The number of carbonyl (C=O) groups is 1. The highest BCUT2D eigenvalue weighted by atomic mass is 16.5. The Morgan fingerprint density at radius 3 is 2.65 bits per heavy atom. The van der Waals surface area contributed by atoms with E-state index in [9.17, 15) is 9.90 Å². The second kappa shape index (κ2) is 6.29. The third kappa shape index (κ3) is 3.33. The normalized spacial score (nSPS) is 26.5. The van der Waals surface area contributed by atoms with E-state index in [0.29, 0.717) is 17.8 Å². The number of ether oxygens (including phenoxy) is 1. The summed E-state index contributed by atoms with van der Waals surface area (Å²) in [5.74, 6) is 1.09. The molecule has 3 nitrogen and oxygen atoms in total. The summed E-state index contributed by atoms with van der Waals surface area (Å²) in [5, 5.41) is 9.74. The molecule has 1 aromatic carbocycles. The minimum absolute atomic E-state index is 0.0116. The maximum Gasteiger partial charge on any atom is 0.342 e. The van der Waals surface area contributed by atoms with Crippen LogP contribution in [0.3, 0.4) is 0 Å². The number of hydrogen-bond donors (Lipinski definition) is 1. The number of phenols is 1. The topological polar surface area (TPSA) is 46.5 Å². The number of phenolic OH excluding ortho intramolecular Hbond substituents is 1. The van der Waals surface area contributed by atoms with Crippen molar-refractivity contribution in [2.24, 2.45) is 17.8 Å². The van der Waals surface area contributed by atoms with Gasteiger partial charge in [-0.3, -0.25) is 0 Å². The Morgan fingerprint density at radius 1 is 1.30 bits per heavy atom. The van der Waals surface area contributed by atoms with Crippen LogP contribution in [0.2, 0.25) is 0 Å². The fourth-order valence-electron chi connectivity index (χ4n) is 3.10. The molecule has 1 aliphatic carbocycles. The van der Waals surface area contributed by atoms with E-state index in [4.69, 9.17) is 4.74 Å². The molecule has 1 aliphatic rings. The van der Waals surface area contributed by atoms with Crippen LogP contribution in [-0.2, 0) is 4.74 Å². The number of aromatic hydroxyl groups is 1. The van der Waals surface area contributed by atoms with Gasteiger partial charge in [0.1, 0.15) is 17.4 Å². The van der Waals surface area contributed by atoms with Gasteiger partial charge < -0.3 is 9.84 Å². The van der Waals surface area contributed by atoms with Crippen LogP contribution in [0.4, 0.5) is 0 Å². The van der Waals surface area contributed by atoms with E-state index in [1.54, 1.807) is 18.2 Å². The maximum absolute atomic E-state index is 12.2. The lowest BCUT2D eigenvalue weighted by molar-refractivity contribution is -0.0176. The molecule has 1 N–H and O–H groups in total. The first-order valence-corrected chi connectivity index (χ1v) is 7.48. The zero-order chi connectivity index (χ0) is 14.7. The molecule has 0 aliphatic heterocycles. The summed E-state index contributed by atoms with van der Waals surface area (Å²) in [7, 11) is 0. The zero-order valence-electron chi connectivity index (χ0n) is 12.5. The van der Waals surface area contributed by atoms with Crippen LogP contribution in [0, 0.1) is 17.8 Å². The Balaban J connectivity index is 2.10. The van der Waals surface area contributed by atoms with Crippen molar-refractivity contribution < 1.29 is 14.6 Å². The lowest BCUT2D eigenvalue weighted by Gasteiger charge is -2.36. The van der Waals surface area contributed by atoms with Crippen LogP contribution in [-0.4, -0.2) is 17.2 Å². The molecule has 1 fully saturated rings. The van der Waals surface area contributed by atoms with Crippen molar-refractivity contribution in [1.82, 2.24) is 0 Å². The van der Waals surface area contributed by atoms with E-state index >= 15 is 0 Å². The molecule has 3 atom stereocenters. The van der Waals surface area contributed by atoms with Crippen LogP contribution in [0.15, 0.2) is 24.3 Å². The molecule has 2 rings (SSSR count).